The summed E-state index contributed by atoms with van der Waals surface area (Å²) in [5.74, 6) is 1.03. The van der Waals surface area contributed by atoms with Crippen molar-refractivity contribution in [2.24, 2.45) is 5.92 Å². The Morgan fingerprint density at radius 2 is 2.29 bits per heavy atom. The standard InChI is InChI=1S/C17H24ClN3O3/c1-23-16-7-15(19)14(18)6-13(16)17(22)20-8-12-10-21(4-5-24-12)9-11-2-3-11/h6-7,11-12H,2-5,8-10,19H2,1H3,(H,20,22). The molecule has 0 bridgehead atoms. The van der Waals surface area contributed by atoms with Gasteiger partial charge in [-0.15, -0.1) is 0 Å². The van der Waals surface area contributed by atoms with Gasteiger partial charge in [0.2, 0.25) is 0 Å². The molecule has 1 heterocycles. The van der Waals surface area contributed by atoms with Gasteiger partial charge < -0.3 is 20.5 Å². The number of carbonyl (C=O) groups is 1. The second-order valence-corrected chi connectivity index (χ2v) is 6.89. The highest BCUT2D eigenvalue weighted by Gasteiger charge is 2.28. The molecule has 0 aromatic heterocycles. The van der Waals surface area contributed by atoms with Crippen LogP contribution in [0.25, 0.3) is 0 Å². The van der Waals surface area contributed by atoms with Crippen LogP contribution in [0.2, 0.25) is 5.02 Å². The Hall–Kier alpha value is -1.50. The van der Waals surface area contributed by atoms with Crippen molar-refractivity contribution < 1.29 is 14.3 Å². The van der Waals surface area contributed by atoms with Crippen LogP contribution in [-0.2, 0) is 4.74 Å². The van der Waals surface area contributed by atoms with E-state index in [2.05, 4.69) is 10.2 Å². The number of benzene rings is 1. The number of rotatable bonds is 6. The van der Waals surface area contributed by atoms with Crippen molar-refractivity contribution in [3.63, 3.8) is 0 Å². The maximum Gasteiger partial charge on any atom is 0.255 e. The molecule has 3 rings (SSSR count). The zero-order valence-electron chi connectivity index (χ0n) is 13.9. The van der Waals surface area contributed by atoms with Gasteiger partial charge in [0.25, 0.3) is 5.91 Å². The van der Waals surface area contributed by atoms with Gasteiger partial charge in [-0.2, -0.15) is 0 Å². The molecule has 1 saturated heterocycles. The van der Waals surface area contributed by atoms with Crippen LogP contribution < -0.4 is 15.8 Å². The SMILES string of the molecule is COc1cc(N)c(Cl)cc1C(=O)NCC1CN(CC2CC2)CCO1. The van der Waals surface area contributed by atoms with Crippen molar-refractivity contribution in [1.82, 2.24) is 10.2 Å². The predicted octanol–water partition coefficient (Wildman–Crippen LogP) is 1.77. The number of carbonyl (C=O) groups excluding carboxylic acids is 1. The molecule has 1 aromatic carbocycles. The number of nitrogens with two attached hydrogens (primary N) is 1. The summed E-state index contributed by atoms with van der Waals surface area (Å²) in [6.07, 6.45) is 2.70. The average Bonchev–Trinajstić information content (AvgIpc) is 3.39. The van der Waals surface area contributed by atoms with Gasteiger partial charge in [0.15, 0.2) is 0 Å². The van der Waals surface area contributed by atoms with Gasteiger partial charge in [-0.3, -0.25) is 9.69 Å². The summed E-state index contributed by atoms with van der Waals surface area (Å²) in [6.45, 7) is 4.16. The molecule has 1 aliphatic carbocycles. The Balaban J connectivity index is 1.56. The Bertz CT molecular complexity index is 607. The minimum Gasteiger partial charge on any atom is -0.496 e. The third-order valence-corrected chi connectivity index (χ3v) is 4.82. The number of morpholine rings is 1. The molecule has 1 unspecified atom stereocenters. The van der Waals surface area contributed by atoms with E-state index in [0.717, 1.165) is 25.6 Å². The first-order valence-electron chi connectivity index (χ1n) is 8.32. The fourth-order valence-corrected chi connectivity index (χ4v) is 3.12. The molecule has 1 atom stereocenters. The molecular weight excluding hydrogens is 330 g/mol. The number of ether oxygens (including phenoxy) is 2. The van der Waals surface area contributed by atoms with Gasteiger partial charge in [0, 0.05) is 32.2 Å². The van der Waals surface area contributed by atoms with E-state index in [1.165, 1.54) is 26.0 Å². The number of hydrogen-bond acceptors (Lipinski definition) is 5. The Morgan fingerprint density at radius 3 is 3.00 bits per heavy atom. The number of nitrogens with zero attached hydrogens (tertiary/aromatic N) is 1. The lowest BCUT2D eigenvalue weighted by atomic mass is 10.1. The third-order valence-electron chi connectivity index (χ3n) is 4.49. The zero-order valence-corrected chi connectivity index (χ0v) is 14.6. The molecule has 7 heteroatoms. The Labute approximate surface area is 147 Å². The summed E-state index contributed by atoms with van der Waals surface area (Å²) < 4.78 is 11.0. The van der Waals surface area contributed by atoms with Crippen LogP contribution >= 0.6 is 11.6 Å². The Morgan fingerprint density at radius 1 is 1.50 bits per heavy atom. The van der Waals surface area contributed by atoms with Gasteiger partial charge in [0.05, 0.1) is 36.1 Å². The number of methoxy groups -OCH3 is 1. The topological polar surface area (TPSA) is 76.8 Å². The molecule has 2 fully saturated rings. The van der Waals surface area contributed by atoms with E-state index in [1.807, 2.05) is 0 Å². The highest BCUT2D eigenvalue weighted by molar-refractivity contribution is 6.33. The molecule has 0 radical (unpaired) electrons. The van der Waals surface area contributed by atoms with Crippen LogP contribution in [-0.4, -0.2) is 56.8 Å². The highest BCUT2D eigenvalue weighted by atomic mass is 35.5. The Kier molecular flexibility index (Phi) is 5.48. The summed E-state index contributed by atoms with van der Waals surface area (Å²) in [5.41, 5.74) is 6.51. The number of nitrogens with one attached hydrogen (secondary N) is 1. The van der Waals surface area contributed by atoms with Crippen LogP contribution in [0.15, 0.2) is 12.1 Å². The number of nitrogen functional groups attached to an aromatic ring is 1. The van der Waals surface area contributed by atoms with E-state index < -0.39 is 0 Å². The number of halogens is 1. The summed E-state index contributed by atoms with van der Waals surface area (Å²) in [4.78, 5) is 14.9. The van der Waals surface area contributed by atoms with Crippen LogP contribution in [0.1, 0.15) is 23.2 Å². The number of amides is 1. The predicted molar refractivity (Wildman–Crippen MR) is 93.7 cm³/mol. The molecular formula is C17H24ClN3O3. The fraction of sp³-hybridized carbons (Fsp3) is 0.588. The number of anilines is 1. The van der Waals surface area contributed by atoms with Crippen LogP contribution in [0.3, 0.4) is 0 Å². The highest BCUT2D eigenvalue weighted by Crippen LogP contribution is 2.30. The van der Waals surface area contributed by atoms with Gasteiger partial charge in [-0.1, -0.05) is 11.6 Å². The lowest BCUT2D eigenvalue weighted by Crippen LogP contribution is -2.48. The third kappa shape index (κ3) is 4.32. The molecule has 1 aliphatic heterocycles. The van der Waals surface area contributed by atoms with Gasteiger partial charge in [-0.05, 0) is 24.8 Å². The first-order valence-corrected chi connectivity index (χ1v) is 8.69. The van der Waals surface area contributed by atoms with E-state index in [0.29, 0.717) is 35.2 Å². The molecule has 1 saturated carbocycles. The first-order chi connectivity index (χ1) is 11.6. The largest absolute Gasteiger partial charge is 0.496 e. The lowest BCUT2D eigenvalue weighted by Gasteiger charge is -2.33. The van der Waals surface area contributed by atoms with E-state index >= 15 is 0 Å². The van der Waals surface area contributed by atoms with Crippen LogP contribution in [0, 0.1) is 5.92 Å². The van der Waals surface area contributed by atoms with Crippen LogP contribution in [0.4, 0.5) is 5.69 Å². The monoisotopic (exact) mass is 353 g/mol. The molecule has 1 amide bonds. The van der Waals surface area contributed by atoms with Gasteiger partial charge in [0.1, 0.15) is 5.75 Å². The molecule has 3 N–H and O–H groups in total. The summed E-state index contributed by atoms with van der Waals surface area (Å²) >= 11 is 6.02. The average molecular weight is 354 g/mol. The van der Waals surface area contributed by atoms with Gasteiger partial charge >= 0.3 is 0 Å². The lowest BCUT2D eigenvalue weighted by molar-refractivity contribution is -0.0277. The maximum absolute atomic E-state index is 12.4. The zero-order chi connectivity index (χ0) is 17.1. The minimum atomic E-state index is -0.239. The van der Waals surface area contributed by atoms with Crippen molar-refractivity contribution in [1.29, 1.82) is 0 Å². The molecule has 0 spiro atoms. The van der Waals surface area contributed by atoms with Crippen molar-refractivity contribution in [3.05, 3.63) is 22.7 Å². The first kappa shape index (κ1) is 17.3. The van der Waals surface area contributed by atoms with Crippen LogP contribution in [0.5, 0.6) is 5.75 Å². The number of hydrogen-bond donors (Lipinski definition) is 2. The second-order valence-electron chi connectivity index (χ2n) is 6.48. The molecule has 2 aliphatic rings. The van der Waals surface area contributed by atoms with Crippen molar-refractivity contribution in [3.8, 4) is 5.75 Å². The molecule has 6 nitrogen and oxygen atoms in total. The summed E-state index contributed by atoms with van der Waals surface area (Å²) in [7, 11) is 1.50. The molecule has 24 heavy (non-hydrogen) atoms. The van der Waals surface area contributed by atoms with Crippen molar-refractivity contribution in [2.75, 3.05) is 45.6 Å². The minimum absolute atomic E-state index is 0.0108. The van der Waals surface area contributed by atoms with Crippen molar-refractivity contribution in [2.45, 2.75) is 18.9 Å². The smallest absolute Gasteiger partial charge is 0.255 e. The van der Waals surface area contributed by atoms with E-state index in [4.69, 9.17) is 26.8 Å². The second kappa shape index (κ2) is 7.59. The molecule has 1 aromatic rings. The fourth-order valence-electron chi connectivity index (χ4n) is 2.95. The van der Waals surface area contributed by atoms with Gasteiger partial charge in [-0.25, -0.2) is 0 Å². The molecule has 132 valence electrons. The van der Waals surface area contributed by atoms with E-state index in [1.54, 1.807) is 6.07 Å². The summed E-state index contributed by atoms with van der Waals surface area (Å²) in [5, 5.41) is 3.25. The van der Waals surface area contributed by atoms with E-state index in [9.17, 15) is 4.79 Å². The normalized spacial score (nSPS) is 21.5. The quantitative estimate of drug-likeness (QED) is 0.762. The summed E-state index contributed by atoms with van der Waals surface area (Å²) in [6, 6.07) is 3.10. The van der Waals surface area contributed by atoms with Crippen molar-refractivity contribution >= 4 is 23.2 Å². The maximum atomic E-state index is 12.4. The van der Waals surface area contributed by atoms with E-state index in [-0.39, 0.29) is 12.0 Å².